The molecule has 2 aromatic rings. The lowest BCUT2D eigenvalue weighted by Gasteiger charge is -2.01. The summed E-state index contributed by atoms with van der Waals surface area (Å²) in [5, 5.41) is 0. The second-order valence-electron chi connectivity index (χ2n) is 4.20. The van der Waals surface area contributed by atoms with E-state index in [1.54, 1.807) is 0 Å². The molecule has 2 rings (SSSR count). The van der Waals surface area contributed by atoms with Crippen LogP contribution in [0.15, 0.2) is 46.9 Å². The molecule has 0 radical (unpaired) electrons. The van der Waals surface area contributed by atoms with Crippen molar-refractivity contribution in [2.45, 2.75) is 13.8 Å². The van der Waals surface area contributed by atoms with Crippen molar-refractivity contribution in [1.82, 2.24) is 0 Å². The molecule has 0 aliphatic rings. The van der Waals surface area contributed by atoms with Crippen molar-refractivity contribution in [2.24, 2.45) is 0 Å². The van der Waals surface area contributed by atoms with Gasteiger partial charge in [-0.25, -0.2) is 0 Å². The van der Waals surface area contributed by atoms with Gasteiger partial charge in [0, 0.05) is 4.47 Å². The van der Waals surface area contributed by atoms with Crippen LogP contribution in [0.5, 0.6) is 0 Å². The summed E-state index contributed by atoms with van der Waals surface area (Å²) in [6, 6.07) is 14.7. The molecule has 0 nitrogen and oxygen atoms in total. The second-order valence-corrected chi connectivity index (χ2v) is 5.05. The summed E-state index contributed by atoms with van der Waals surface area (Å²) in [5.74, 6) is 0. The summed E-state index contributed by atoms with van der Waals surface area (Å²) in [6.07, 6.45) is 4.28. The zero-order valence-corrected chi connectivity index (χ0v) is 11.7. The van der Waals surface area contributed by atoms with Crippen LogP contribution in [0.2, 0.25) is 0 Å². The van der Waals surface area contributed by atoms with Crippen molar-refractivity contribution < 1.29 is 0 Å². The van der Waals surface area contributed by atoms with Gasteiger partial charge >= 0.3 is 0 Å². The average molecular weight is 287 g/mol. The third kappa shape index (κ3) is 3.07. The molecule has 0 heterocycles. The standard InChI is InChI=1S/C16H15Br/c1-12-7-8-14(11-13(12)2)9-10-15-5-3-4-6-16(15)17/h3-11H,1-2H3. The predicted octanol–water partition coefficient (Wildman–Crippen LogP) is 5.24. The van der Waals surface area contributed by atoms with Gasteiger partial charge in [-0.05, 0) is 42.2 Å². The van der Waals surface area contributed by atoms with E-state index in [4.69, 9.17) is 0 Å². The van der Waals surface area contributed by atoms with Crippen LogP contribution in [0.1, 0.15) is 22.3 Å². The Morgan fingerprint density at radius 1 is 0.882 bits per heavy atom. The van der Waals surface area contributed by atoms with E-state index in [0.717, 1.165) is 4.47 Å². The number of aryl methyl sites for hydroxylation is 2. The van der Waals surface area contributed by atoms with Gasteiger partial charge in [0.05, 0.1) is 0 Å². The fourth-order valence-corrected chi connectivity index (χ4v) is 2.08. The summed E-state index contributed by atoms with van der Waals surface area (Å²) < 4.78 is 1.13. The Hall–Kier alpha value is -1.34. The Morgan fingerprint density at radius 2 is 1.65 bits per heavy atom. The smallest absolute Gasteiger partial charge is 0.0247 e. The molecule has 0 bridgehead atoms. The second kappa shape index (κ2) is 5.33. The molecule has 2 aromatic carbocycles. The Kier molecular flexibility index (Phi) is 3.80. The molecule has 0 atom stereocenters. The molecule has 0 aromatic heterocycles. The summed E-state index contributed by atoms with van der Waals surface area (Å²) in [5.41, 5.74) is 5.11. The third-order valence-corrected chi connectivity index (χ3v) is 3.61. The number of hydrogen-bond donors (Lipinski definition) is 0. The van der Waals surface area contributed by atoms with Crippen LogP contribution in [-0.2, 0) is 0 Å². The van der Waals surface area contributed by atoms with Gasteiger partial charge in [0.25, 0.3) is 0 Å². The molecule has 0 fully saturated rings. The molecule has 0 spiro atoms. The van der Waals surface area contributed by atoms with Crippen molar-refractivity contribution in [3.8, 4) is 0 Å². The third-order valence-electron chi connectivity index (χ3n) is 2.89. The van der Waals surface area contributed by atoms with E-state index in [2.05, 4.69) is 72.3 Å². The Labute approximate surface area is 111 Å². The zero-order valence-electron chi connectivity index (χ0n) is 10.1. The summed E-state index contributed by atoms with van der Waals surface area (Å²) in [6.45, 7) is 4.28. The van der Waals surface area contributed by atoms with E-state index < -0.39 is 0 Å². The molecule has 0 amide bonds. The fraction of sp³-hybridized carbons (Fsp3) is 0.125. The molecule has 0 aliphatic heterocycles. The molecule has 0 saturated carbocycles. The maximum absolute atomic E-state index is 3.54. The largest absolute Gasteiger partial charge is 0.0616 e. The minimum Gasteiger partial charge on any atom is -0.0616 e. The van der Waals surface area contributed by atoms with Gasteiger partial charge in [-0.3, -0.25) is 0 Å². The Morgan fingerprint density at radius 3 is 2.35 bits per heavy atom. The first kappa shape index (κ1) is 12.1. The first-order chi connectivity index (χ1) is 8.16. The summed E-state index contributed by atoms with van der Waals surface area (Å²) >= 11 is 3.54. The number of rotatable bonds is 2. The highest BCUT2D eigenvalue weighted by molar-refractivity contribution is 9.10. The van der Waals surface area contributed by atoms with E-state index in [0.29, 0.717) is 0 Å². The normalized spacial score (nSPS) is 11.0. The maximum Gasteiger partial charge on any atom is 0.0247 e. The van der Waals surface area contributed by atoms with E-state index >= 15 is 0 Å². The van der Waals surface area contributed by atoms with Crippen molar-refractivity contribution in [3.05, 3.63) is 69.2 Å². The highest BCUT2D eigenvalue weighted by atomic mass is 79.9. The number of benzene rings is 2. The first-order valence-corrected chi connectivity index (χ1v) is 6.46. The number of hydrogen-bond acceptors (Lipinski definition) is 0. The number of halogens is 1. The van der Waals surface area contributed by atoms with Crippen molar-refractivity contribution >= 4 is 28.1 Å². The molecule has 0 aliphatic carbocycles. The van der Waals surface area contributed by atoms with Crippen LogP contribution in [0, 0.1) is 13.8 Å². The lowest BCUT2D eigenvalue weighted by molar-refractivity contribution is 1.33. The average Bonchev–Trinajstić information content (AvgIpc) is 2.32. The first-order valence-electron chi connectivity index (χ1n) is 5.67. The van der Waals surface area contributed by atoms with Crippen LogP contribution >= 0.6 is 15.9 Å². The van der Waals surface area contributed by atoms with Crippen LogP contribution < -0.4 is 0 Å². The summed E-state index contributed by atoms with van der Waals surface area (Å²) in [7, 11) is 0. The monoisotopic (exact) mass is 286 g/mol. The minimum atomic E-state index is 1.13. The van der Waals surface area contributed by atoms with Crippen molar-refractivity contribution in [2.75, 3.05) is 0 Å². The SMILES string of the molecule is Cc1ccc(C=Cc2ccccc2Br)cc1C. The predicted molar refractivity (Wildman–Crippen MR) is 79.0 cm³/mol. The molecular weight excluding hydrogens is 272 g/mol. The topological polar surface area (TPSA) is 0 Å². The van der Waals surface area contributed by atoms with E-state index in [1.165, 1.54) is 22.3 Å². The van der Waals surface area contributed by atoms with Crippen LogP contribution in [0.3, 0.4) is 0 Å². The molecule has 17 heavy (non-hydrogen) atoms. The molecule has 0 N–H and O–H groups in total. The lowest BCUT2D eigenvalue weighted by Crippen LogP contribution is -1.81. The van der Waals surface area contributed by atoms with Crippen molar-refractivity contribution in [3.63, 3.8) is 0 Å². The maximum atomic E-state index is 3.54. The van der Waals surface area contributed by atoms with E-state index in [1.807, 2.05) is 12.1 Å². The van der Waals surface area contributed by atoms with Crippen molar-refractivity contribution in [1.29, 1.82) is 0 Å². The van der Waals surface area contributed by atoms with Crippen LogP contribution in [0.4, 0.5) is 0 Å². The van der Waals surface area contributed by atoms with Gasteiger partial charge in [0.15, 0.2) is 0 Å². The van der Waals surface area contributed by atoms with Gasteiger partial charge in [0.1, 0.15) is 0 Å². The van der Waals surface area contributed by atoms with Crippen LogP contribution in [0.25, 0.3) is 12.2 Å². The van der Waals surface area contributed by atoms with E-state index in [9.17, 15) is 0 Å². The van der Waals surface area contributed by atoms with Crippen LogP contribution in [-0.4, -0.2) is 0 Å². The van der Waals surface area contributed by atoms with E-state index in [-0.39, 0.29) is 0 Å². The highest BCUT2D eigenvalue weighted by Crippen LogP contribution is 2.19. The highest BCUT2D eigenvalue weighted by Gasteiger charge is 1.95. The molecule has 0 saturated heterocycles. The fourth-order valence-electron chi connectivity index (χ4n) is 1.66. The molecular formula is C16H15Br. The zero-order chi connectivity index (χ0) is 12.3. The molecule has 86 valence electrons. The van der Waals surface area contributed by atoms with Gasteiger partial charge < -0.3 is 0 Å². The Balaban J connectivity index is 2.26. The lowest BCUT2D eigenvalue weighted by atomic mass is 10.1. The molecule has 0 unspecified atom stereocenters. The van der Waals surface area contributed by atoms with Gasteiger partial charge in [0.2, 0.25) is 0 Å². The molecule has 1 heteroatoms. The minimum absolute atomic E-state index is 1.13. The summed E-state index contributed by atoms with van der Waals surface area (Å²) in [4.78, 5) is 0. The quantitative estimate of drug-likeness (QED) is 0.663. The van der Waals surface area contributed by atoms with Gasteiger partial charge in [-0.15, -0.1) is 0 Å². The van der Waals surface area contributed by atoms with Gasteiger partial charge in [-0.2, -0.15) is 0 Å². The Bertz CT molecular complexity index is 553. The van der Waals surface area contributed by atoms with Gasteiger partial charge in [-0.1, -0.05) is 64.5 Å².